The molecule has 0 atom stereocenters. The quantitative estimate of drug-likeness (QED) is 0.626. The maximum absolute atomic E-state index is 13.2. The molecule has 14 heavy (non-hydrogen) atoms. The van der Waals surface area contributed by atoms with Crippen molar-refractivity contribution >= 4 is 34.6 Å². The monoisotopic (exact) mass is 278 g/mol. The number of thiol groups is 1. The first-order valence-corrected chi connectivity index (χ1v) is 5.49. The third-order valence-electron chi connectivity index (χ3n) is 1.63. The van der Waals surface area contributed by atoms with E-state index in [4.69, 9.17) is 0 Å². The minimum atomic E-state index is -0.461. The predicted octanol–water partition coefficient (Wildman–Crippen LogP) is 4.06. The highest BCUT2D eigenvalue weighted by Gasteiger charge is 2.05. The second kappa shape index (κ2) is 5.51. The van der Waals surface area contributed by atoms with Gasteiger partial charge in [0.05, 0.1) is 4.47 Å². The van der Waals surface area contributed by atoms with Gasteiger partial charge in [0.2, 0.25) is 0 Å². The van der Waals surface area contributed by atoms with Crippen LogP contribution in [0.3, 0.4) is 0 Å². The van der Waals surface area contributed by atoms with Gasteiger partial charge in [0.15, 0.2) is 0 Å². The van der Waals surface area contributed by atoms with Gasteiger partial charge < -0.3 is 0 Å². The van der Waals surface area contributed by atoms with Gasteiger partial charge in [0, 0.05) is 5.56 Å². The number of rotatable bonds is 3. The molecule has 0 N–H and O–H groups in total. The molecule has 1 aromatic rings. The van der Waals surface area contributed by atoms with E-state index in [1.54, 1.807) is 12.2 Å². The van der Waals surface area contributed by atoms with Gasteiger partial charge in [0.1, 0.15) is 11.6 Å². The van der Waals surface area contributed by atoms with Crippen molar-refractivity contribution in [2.24, 2.45) is 0 Å². The molecule has 0 bridgehead atoms. The molecule has 0 aliphatic heterocycles. The maximum Gasteiger partial charge on any atom is 0.138 e. The average Bonchev–Trinajstić information content (AvgIpc) is 2.14. The van der Waals surface area contributed by atoms with Crippen LogP contribution in [-0.2, 0) is 0 Å². The molecule has 4 heteroatoms. The predicted molar refractivity (Wildman–Crippen MR) is 61.6 cm³/mol. The molecule has 0 aliphatic rings. The van der Waals surface area contributed by atoms with E-state index in [-0.39, 0.29) is 10.0 Å². The van der Waals surface area contributed by atoms with Gasteiger partial charge in [-0.15, -0.1) is 0 Å². The fourth-order valence-corrected chi connectivity index (χ4v) is 1.42. The molecule has 0 aromatic heterocycles. The van der Waals surface area contributed by atoms with Crippen molar-refractivity contribution < 1.29 is 8.78 Å². The Bertz CT molecular complexity index is 350. The van der Waals surface area contributed by atoms with E-state index in [2.05, 4.69) is 28.6 Å². The van der Waals surface area contributed by atoms with Crippen molar-refractivity contribution in [2.75, 3.05) is 5.75 Å². The van der Waals surface area contributed by atoms with Crippen LogP contribution in [0, 0.1) is 11.6 Å². The zero-order valence-electron chi connectivity index (χ0n) is 7.30. The standard InChI is InChI=1S/C10H9BrF2S/c11-8-6-9(12)7(5-10(8)13)3-1-2-4-14/h1,3,5-6,14H,2,4H2. The van der Waals surface area contributed by atoms with Gasteiger partial charge in [-0.2, -0.15) is 12.6 Å². The summed E-state index contributed by atoms with van der Waals surface area (Å²) in [6.45, 7) is 0. The fourth-order valence-electron chi connectivity index (χ4n) is 0.951. The smallest absolute Gasteiger partial charge is 0.138 e. The zero-order valence-corrected chi connectivity index (χ0v) is 9.79. The lowest BCUT2D eigenvalue weighted by Gasteiger charge is -1.99. The summed E-state index contributed by atoms with van der Waals surface area (Å²) in [5, 5.41) is 0. The van der Waals surface area contributed by atoms with Crippen LogP contribution in [0.5, 0.6) is 0 Å². The van der Waals surface area contributed by atoms with Crippen molar-refractivity contribution in [1.82, 2.24) is 0 Å². The van der Waals surface area contributed by atoms with Crippen LogP contribution in [-0.4, -0.2) is 5.75 Å². The summed E-state index contributed by atoms with van der Waals surface area (Å²) in [6, 6.07) is 2.28. The second-order valence-electron chi connectivity index (χ2n) is 2.70. The minimum absolute atomic E-state index is 0.140. The van der Waals surface area contributed by atoms with Crippen LogP contribution >= 0.6 is 28.6 Å². The Morgan fingerprint density at radius 3 is 2.64 bits per heavy atom. The second-order valence-corrected chi connectivity index (χ2v) is 4.00. The summed E-state index contributed by atoms with van der Waals surface area (Å²) < 4.78 is 26.3. The molecule has 0 nitrogen and oxygen atoms in total. The fraction of sp³-hybridized carbons (Fsp3) is 0.200. The summed E-state index contributed by atoms with van der Waals surface area (Å²) in [5.41, 5.74) is 0.257. The SMILES string of the molecule is Fc1cc(C=CCCS)c(F)cc1Br. The Balaban J connectivity index is 2.92. The number of hydrogen-bond donors (Lipinski definition) is 1. The highest BCUT2D eigenvalue weighted by molar-refractivity contribution is 9.10. The first-order valence-electron chi connectivity index (χ1n) is 4.07. The van der Waals surface area contributed by atoms with E-state index in [0.29, 0.717) is 5.75 Å². The largest absolute Gasteiger partial charge is 0.206 e. The summed E-state index contributed by atoms with van der Waals surface area (Å²) >= 11 is 6.91. The lowest BCUT2D eigenvalue weighted by Crippen LogP contribution is -1.86. The van der Waals surface area contributed by atoms with Gasteiger partial charge in [-0.05, 0) is 40.2 Å². The van der Waals surface area contributed by atoms with E-state index in [1.165, 1.54) is 0 Å². The van der Waals surface area contributed by atoms with Crippen molar-refractivity contribution in [3.63, 3.8) is 0 Å². The van der Waals surface area contributed by atoms with E-state index in [9.17, 15) is 8.78 Å². The average molecular weight is 279 g/mol. The Labute approximate surface area is 95.6 Å². The molecule has 76 valence electrons. The van der Waals surface area contributed by atoms with E-state index in [1.807, 2.05) is 0 Å². The summed E-state index contributed by atoms with van der Waals surface area (Å²) in [5.74, 6) is -0.206. The Morgan fingerprint density at radius 1 is 1.29 bits per heavy atom. The van der Waals surface area contributed by atoms with E-state index < -0.39 is 11.6 Å². The summed E-state index contributed by atoms with van der Waals surface area (Å²) in [6.07, 6.45) is 4.06. The summed E-state index contributed by atoms with van der Waals surface area (Å²) in [4.78, 5) is 0. The lowest BCUT2D eigenvalue weighted by molar-refractivity contribution is 0.592. The molecule has 0 heterocycles. The van der Waals surface area contributed by atoms with Gasteiger partial charge >= 0.3 is 0 Å². The first-order chi connectivity index (χ1) is 6.65. The van der Waals surface area contributed by atoms with Crippen molar-refractivity contribution in [2.45, 2.75) is 6.42 Å². The Morgan fingerprint density at radius 2 is 2.00 bits per heavy atom. The number of halogens is 3. The van der Waals surface area contributed by atoms with E-state index in [0.717, 1.165) is 18.6 Å². The third-order valence-corrected chi connectivity index (χ3v) is 2.50. The third kappa shape index (κ3) is 3.10. The Kier molecular flexibility index (Phi) is 4.62. The molecule has 0 saturated carbocycles. The van der Waals surface area contributed by atoms with Crippen LogP contribution < -0.4 is 0 Å². The van der Waals surface area contributed by atoms with Crippen LogP contribution in [0.2, 0.25) is 0 Å². The first kappa shape index (κ1) is 11.7. The molecule has 0 spiro atoms. The molecule has 1 aromatic carbocycles. The molecular weight excluding hydrogens is 270 g/mol. The normalized spacial score (nSPS) is 11.1. The van der Waals surface area contributed by atoms with Gasteiger partial charge in [-0.1, -0.05) is 12.2 Å². The topological polar surface area (TPSA) is 0 Å². The van der Waals surface area contributed by atoms with Crippen molar-refractivity contribution in [3.8, 4) is 0 Å². The van der Waals surface area contributed by atoms with Crippen LogP contribution in [0.25, 0.3) is 6.08 Å². The maximum atomic E-state index is 13.2. The molecule has 0 amide bonds. The van der Waals surface area contributed by atoms with Crippen molar-refractivity contribution in [1.29, 1.82) is 0 Å². The Hall–Kier alpha value is -0.350. The zero-order chi connectivity index (χ0) is 10.6. The van der Waals surface area contributed by atoms with Gasteiger partial charge in [0.25, 0.3) is 0 Å². The molecule has 0 radical (unpaired) electrons. The van der Waals surface area contributed by atoms with Crippen LogP contribution in [0.1, 0.15) is 12.0 Å². The minimum Gasteiger partial charge on any atom is -0.206 e. The van der Waals surface area contributed by atoms with Gasteiger partial charge in [-0.3, -0.25) is 0 Å². The molecule has 0 aliphatic carbocycles. The lowest BCUT2D eigenvalue weighted by atomic mass is 10.2. The molecule has 0 fully saturated rings. The van der Waals surface area contributed by atoms with Crippen LogP contribution in [0.4, 0.5) is 8.78 Å². The van der Waals surface area contributed by atoms with Crippen LogP contribution in [0.15, 0.2) is 22.7 Å². The highest BCUT2D eigenvalue weighted by atomic mass is 79.9. The highest BCUT2D eigenvalue weighted by Crippen LogP contribution is 2.20. The molecule has 1 rings (SSSR count). The number of allylic oxidation sites excluding steroid dienone is 1. The van der Waals surface area contributed by atoms with Gasteiger partial charge in [-0.25, -0.2) is 8.78 Å². The molecule has 0 saturated heterocycles. The molecule has 0 unspecified atom stereocenters. The number of hydrogen-bond acceptors (Lipinski definition) is 1. The van der Waals surface area contributed by atoms with E-state index >= 15 is 0 Å². The number of benzene rings is 1. The molecular formula is C10H9BrF2S. The van der Waals surface area contributed by atoms with Crippen molar-refractivity contribution in [3.05, 3.63) is 39.9 Å². The summed E-state index contributed by atoms with van der Waals surface area (Å²) in [7, 11) is 0.